The Kier molecular flexibility index (Phi) is 5.70. The van der Waals surface area contributed by atoms with Gasteiger partial charge in [0.15, 0.2) is 0 Å². The van der Waals surface area contributed by atoms with Gasteiger partial charge in [0, 0.05) is 18.1 Å². The molecule has 0 bridgehead atoms. The van der Waals surface area contributed by atoms with E-state index in [0.29, 0.717) is 11.4 Å². The van der Waals surface area contributed by atoms with Crippen LogP contribution in [-0.2, 0) is 4.74 Å². The van der Waals surface area contributed by atoms with Crippen LogP contribution in [0.15, 0.2) is 55.1 Å². The van der Waals surface area contributed by atoms with Crippen molar-refractivity contribution < 1.29 is 14.5 Å². The molecule has 0 spiro atoms. The Balaban J connectivity index is 1.98. The van der Waals surface area contributed by atoms with E-state index in [9.17, 15) is 14.9 Å². The molecule has 0 aliphatic rings. The molecule has 2 N–H and O–H groups in total. The number of nitro groups is 1. The lowest BCUT2D eigenvalue weighted by molar-refractivity contribution is -0.383. The molecule has 28 heavy (non-hydrogen) atoms. The summed E-state index contributed by atoms with van der Waals surface area (Å²) in [6.07, 6.45) is 4.28. The van der Waals surface area contributed by atoms with Gasteiger partial charge in [-0.3, -0.25) is 15.1 Å². The first-order valence-electron chi connectivity index (χ1n) is 8.29. The topological polar surface area (TPSA) is 132 Å². The molecule has 142 valence electrons. The summed E-state index contributed by atoms with van der Waals surface area (Å²) in [4.78, 5) is 35.1. The summed E-state index contributed by atoms with van der Waals surface area (Å²) < 4.78 is 5.02. The van der Waals surface area contributed by atoms with Gasteiger partial charge in [0.1, 0.15) is 6.33 Å². The lowest BCUT2D eigenvalue weighted by atomic mass is 10.2. The molecule has 0 amide bonds. The fourth-order valence-electron chi connectivity index (χ4n) is 2.41. The maximum absolute atomic E-state index is 12.1. The van der Waals surface area contributed by atoms with Crippen molar-refractivity contribution in [1.29, 1.82) is 0 Å². The lowest BCUT2D eigenvalue weighted by Gasteiger charge is -2.12. The van der Waals surface area contributed by atoms with Crippen molar-refractivity contribution in [3.8, 4) is 0 Å². The first kappa shape index (κ1) is 18.7. The van der Waals surface area contributed by atoms with E-state index in [0.717, 1.165) is 0 Å². The number of hydrogen-bond acceptors (Lipinski definition) is 9. The number of para-hydroxylation sites is 1. The van der Waals surface area contributed by atoms with Gasteiger partial charge in [-0.25, -0.2) is 14.8 Å². The van der Waals surface area contributed by atoms with Gasteiger partial charge in [-0.05, 0) is 31.2 Å². The van der Waals surface area contributed by atoms with Crippen LogP contribution in [0.3, 0.4) is 0 Å². The maximum atomic E-state index is 12.1. The molecule has 3 rings (SSSR count). The Morgan fingerprint density at radius 3 is 2.46 bits per heavy atom. The van der Waals surface area contributed by atoms with E-state index in [1.165, 1.54) is 6.33 Å². The summed E-state index contributed by atoms with van der Waals surface area (Å²) in [7, 11) is 0. The third-order valence-corrected chi connectivity index (χ3v) is 3.62. The first-order valence-corrected chi connectivity index (χ1v) is 8.29. The summed E-state index contributed by atoms with van der Waals surface area (Å²) in [5, 5.41) is 17.4. The zero-order valence-corrected chi connectivity index (χ0v) is 14.8. The maximum Gasteiger partial charge on any atom is 0.353 e. The van der Waals surface area contributed by atoms with Crippen molar-refractivity contribution in [1.82, 2.24) is 15.0 Å². The van der Waals surface area contributed by atoms with Crippen molar-refractivity contribution >= 4 is 34.7 Å². The molecule has 0 unspecified atom stereocenters. The molecular formula is C18H16N6O4. The molecular weight excluding hydrogens is 364 g/mol. The third kappa shape index (κ3) is 4.18. The van der Waals surface area contributed by atoms with Crippen molar-refractivity contribution in [2.45, 2.75) is 6.92 Å². The second kappa shape index (κ2) is 8.54. The highest BCUT2D eigenvalue weighted by Crippen LogP contribution is 2.33. The fraction of sp³-hybridized carbons (Fsp3) is 0.111. The van der Waals surface area contributed by atoms with Gasteiger partial charge in [-0.1, -0.05) is 12.1 Å². The second-order valence-electron chi connectivity index (χ2n) is 5.43. The summed E-state index contributed by atoms with van der Waals surface area (Å²) in [6.45, 7) is 1.90. The van der Waals surface area contributed by atoms with Crippen molar-refractivity contribution in [3.05, 3.63) is 70.8 Å². The molecule has 2 heterocycles. The van der Waals surface area contributed by atoms with Crippen molar-refractivity contribution in [2.24, 2.45) is 0 Å². The normalized spacial score (nSPS) is 10.2. The number of pyridine rings is 1. The van der Waals surface area contributed by atoms with E-state index in [1.54, 1.807) is 55.7 Å². The number of anilines is 4. The van der Waals surface area contributed by atoms with Gasteiger partial charge in [-0.2, -0.15) is 0 Å². The van der Waals surface area contributed by atoms with E-state index >= 15 is 0 Å². The Morgan fingerprint density at radius 2 is 1.79 bits per heavy atom. The van der Waals surface area contributed by atoms with Crippen LogP contribution in [0.5, 0.6) is 0 Å². The zero-order chi connectivity index (χ0) is 19.9. The van der Waals surface area contributed by atoms with Gasteiger partial charge in [0.05, 0.1) is 22.8 Å². The number of ether oxygens (including phenoxy) is 1. The second-order valence-corrected chi connectivity index (χ2v) is 5.43. The highest BCUT2D eigenvalue weighted by Gasteiger charge is 2.24. The van der Waals surface area contributed by atoms with Crippen LogP contribution in [-0.4, -0.2) is 32.5 Å². The Morgan fingerprint density at radius 1 is 1.11 bits per heavy atom. The molecule has 1 aromatic carbocycles. The number of esters is 1. The average Bonchev–Trinajstić information content (AvgIpc) is 2.69. The third-order valence-electron chi connectivity index (χ3n) is 3.62. The first-order chi connectivity index (χ1) is 13.6. The number of nitrogens with zero attached hydrogens (tertiary/aromatic N) is 4. The van der Waals surface area contributed by atoms with E-state index in [1.807, 2.05) is 0 Å². The monoisotopic (exact) mass is 380 g/mol. The standard InChI is InChI=1S/C18H16N6O4/c1-2-28-18(25)13-5-3-4-6-14(13)23-17-15(24(26)27)16(20-11-21-17)22-12-7-9-19-10-8-12/h3-11H,2H2,1H3,(H2,19,20,21,22,23). The number of aromatic nitrogens is 3. The number of nitrogens with one attached hydrogen (secondary N) is 2. The van der Waals surface area contributed by atoms with Crippen LogP contribution in [0.25, 0.3) is 0 Å². The molecule has 0 fully saturated rings. The number of rotatable bonds is 7. The summed E-state index contributed by atoms with van der Waals surface area (Å²) in [5.74, 6) is -0.604. The highest BCUT2D eigenvalue weighted by molar-refractivity contribution is 5.97. The predicted molar refractivity (Wildman–Crippen MR) is 102 cm³/mol. The van der Waals surface area contributed by atoms with E-state index in [2.05, 4.69) is 25.6 Å². The van der Waals surface area contributed by atoms with Crippen molar-refractivity contribution in [3.63, 3.8) is 0 Å². The quantitative estimate of drug-likeness (QED) is 0.359. The van der Waals surface area contributed by atoms with Crippen LogP contribution in [0, 0.1) is 10.1 Å². The molecule has 0 saturated carbocycles. The van der Waals surface area contributed by atoms with Crippen LogP contribution >= 0.6 is 0 Å². The minimum absolute atomic E-state index is 0.00214. The minimum atomic E-state index is -0.598. The van der Waals surface area contributed by atoms with E-state index < -0.39 is 10.9 Å². The summed E-state index contributed by atoms with van der Waals surface area (Å²) >= 11 is 0. The van der Waals surface area contributed by atoms with Crippen LogP contribution in [0.1, 0.15) is 17.3 Å². The van der Waals surface area contributed by atoms with Crippen molar-refractivity contribution in [2.75, 3.05) is 17.2 Å². The van der Waals surface area contributed by atoms with Gasteiger partial charge in [-0.15, -0.1) is 0 Å². The summed E-state index contributed by atoms with van der Waals surface area (Å²) in [5.41, 5.74) is 0.783. The molecule has 0 aliphatic heterocycles. The number of carbonyl (C=O) groups excluding carboxylic acids is 1. The molecule has 0 radical (unpaired) electrons. The Labute approximate surface area is 159 Å². The highest BCUT2D eigenvalue weighted by atomic mass is 16.6. The number of hydrogen-bond donors (Lipinski definition) is 2. The van der Waals surface area contributed by atoms with Crippen LogP contribution in [0.2, 0.25) is 0 Å². The number of carbonyl (C=O) groups is 1. The molecule has 10 nitrogen and oxygen atoms in total. The molecule has 2 aromatic heterocycles. The molecule has 0 atom stereocenters. The molecule has 0 aliphatic carbocycles. The predicted octanol–water partition coefficient (Wildman–Crippen LogP) is 3.44. The van der Waals surface area contributed by atoms with Gasteiger partial charge in [0.25, 0.3) is 0 Å². The van der Waals surface area contributed by atoms with Gasteiger partial charge < -0.3 is 15.4 Å². The van der Waals surface area contributed by atoms with Crippen LogP contribution in [0.4, 0.5) is 28.7 Å². The molecule has 3 aromatic rings. The Bertz CT molecular complexity index is 996. The van der Waals surface area contributed by atoms with Crippen LogP contribution < -0.4 is 10.6 Å². The average molecular weight is 380 g/mol. The molecule has 0 saturated heterocycles. The zero-order valence-electron chi connectivity index (χ0n) is 14.8. The minimum Gasteiger partial charge on any atom is -0.462 e. The molecule has 10 heteroatoms. The van der Waals surface area contributed by atoms with E-state index in [4.69, 9.17) is 4.74 Å². The van der Waals surface area contributed by atoms with Gasteiger partial charge in [0.2, 0.25) is 11.6 Å². The number of benzene rings is 1. The summed E-state index contributed by atoms with van der Waals surface area (Å²) in [6, 6.07) is 9.82. The fourth-order valence-corrected chi connectivity index (χ4v) is 2.41. The smallest absolute Gasteiger partial charge is 0.353 e. The largest absolute Gasteiger partial charge is 0.462 e. The van der Waals surface area contributed by atoms with E-state index in [-0.39, 0.29) is 29.5 Å². The lowest BCUT2D eigenvalue weighted by Crippen LogP contribution is -2.10. The SMILES string of the molecule is CCOC(=O)c1ccccc1Nc1ncnc(Nc2ccncc2)c1[N+](=O)[O-]. The van der Waals surface area contributed by atoms with Gasteiger partial charge >= 0.3 is 11.7 Å². The Hall–Kier alpha value is -4.08.